The van der Waals surface area contributed by atoms with Gasteiger partial charge in [-0.25, -0.2) is 4.39 Å². The molecule has 0 aliphatic rings. The summed E-state index contributed by atoms with van der Waals surface area (Å²) in [7, 11) is 0. The summed E-state index contributed by atoms with van der Waals surface area (Å²) in [5, 5.41) is 12.4. The molecule has 31 heavy (non-hydrogen) atoms. The highest BCUT2D eigenvalue weighted by Crippen LogP contribution is 2.31. The summed E-state index contributed by atoms with van der Waals surface area (Å²) >= 11 is 13.3. The molecule has 3 aromatic rings. The quantitative estimate of drug-likeness (QED) is 0.388. The molecule has 1 amide bonds. The number of carbonyl (C=O) groups excluding carboxylic acids is 1. The Hall–Kier alpha value is -2.29. The van der Waals surface area contributed by atoms with Crippen LogP contribution in [-0.2, 0) is 4.79 Å². The minimum absolute atomic E-state index is 0.00426. The lowest BCUT2D eigenvalue weighted by Gasteiger charge is -2.19. The van der Waals surface area contributed by atoms with Crippen LogP contribution in [0.15, 0.2) is 47.6 Å². The number of para-hydroxylation sites is 1. The number of nitrogens with zero attached hydrogens (tertiary/aromatic N) is 3. The lowest BCUT2D eigenvalue weighted by atomic mass is 10.3. The number of thioether (sulfide) groups is 1. The Labute approximate surface area is 194 Å². The summed E-state index contributed by atoms with van der Waals surface area (Å²) in [5.74, 6) is 0.0656. The molecular weight excluding hydrogens is 462 g/mol. The topological polar surface area (TPSA) is 69.0 Å². The molecule has 1 atom stereocenters. The van der Waals surface area contributed by atoms with Gasteiger partial charge < -0.3 is 14.6 Å². The maximum atomic E-state index is 13.9. The zero-order valence-corrected chi connectivity index (χ0v) is 19.4. The van der Waals surface area contributed by atoms with Gasteiger partial charge in [-0.05, 0) is 45.0 Å². The van der Waals surface area contributed by atoms with Gasteiger partial charge in [-0.3, -0.25) is 4.79 Å². The maximum Gasteiger partial charge on any atom is 0.234 e. The summed E-state index contributed by atoms with van der Waals surface area (Å²) in [6.07, 6.45) is -0.541. The normalized spacial score (nSPS) is 12.1. The van der Waals surface area contributed by atoms with Crippen LogP contribution in [0.3, 0.4) is 0 Å². The van der Waals surface area contributed by atoms with E-state index in [2.05, 4.69) is 15.5 Å². The third-order valence-corrected chi connectivity index (χ3v) is 6.03. The highest BCUT2D eigenvalue weighted by Gasteiger charge is 2.23. The van der Waals surface area contributed by atoms with Crippen molar-refractivity contribution in [2.24, 2.45) is 0 Å². The SMILES string of the molecule is CC(Oc1ccccc1F)c1nnc(SCC(=O)Nc2cccc(Cl)c2Cl)n1C(C)C. The number of anilines is 1. The van der Waals surface area contributed by atoms with Gasteiger partial charge in [-0.2, -0.15) is 0 Å². The highest BCUT2D eigenvalue weighted by molar-refractivity contribution is 7.99. The Morgan fingerprint density at radius 1 is 1.16 bits per heavy atom. The van der Waals surface area contributed by atoms with Crippen LogP contribution in [0.5, 0.6) is 5.75 Å². The van der Waals surface area contributed by atoms with E-state index in [9.17, 15) is 9.18 Å². The van der Waals surface area contributed by atoms with Crippen molar-refractivity contribution in [1.82, 2.24) is 14.8 Å². The van der Waals surface area contributed by atoms with Crippen LogP contribution in [0.25, 0.3) is 0 Å². The molecule has 164 valence electrons. The van der Waals surface area contributed by atoms with Crippen LogP contribution in [0, 0.1) is 5.82 Å². The number of halogens is 3. The third-order valence-electron chi connectivity index (χ3n) is 4.27. The fraction of sp³-hybridized carbons (Fsp3) is 0.286. The zero-order chi connectivity index (χ0) is 22.5. The van der Waals surface area contributed by atoms with Crippen LogP contribution >= 0.6 is 35.0 Å². The van der Waals surface area contributed by atoms with Crippen LogP contribution in [-0.4, -0.2) is 26.4 Å². The molecule has 0 spiro atoms. The molecule has 1 heterocycles. The monoisotopic (exact) mass is 482 g/mol. The van der Waals surface area contributed by atoms with Gasteiger partial charge >= 0.3 is 0 Å². The van der Waals surface area contributed by atoms with Gasteiger partial charge in [0.2, 0.25) is 5.91 Å². The molecule has 1 aromatic heterocycles. The van der Waals surface area contributed by atoms with Gasteiger partial charge in [0.1, 0.15) is 0 Å². The molecule has 0 saturated heterocycles. The number of aromatic nitrogens is 3. The van der Waals surface area contributed by atoms with Gasteiger partial charge in [0.05, 0.1) is 21.5 Å². The molecule has 2 aromatic carbocycles. The molecule has 0 aliphatic carbocycles. The van der Waals surface area contributed by atoms with E-state index in [0.717, 1.165) is 0 Å². The predicted octanol–water partition coefficient (Wildman–Crippen LogP) is 6.18. The van der Waals surface area contributed by atoms with Crippen LogP contribution in [0.4, 0.5) is 10.1 Å². The molecule has 0 fully saturated rings. The summed E-state index contributed by atoms with van der Waals surface area (Å²) in [4.78, 5) is 12.4. The lowest BCUT2D eigenvalue weighted by molar-refractivity contribution is -0.113. The van der Waals surface area contributed by atoms with Gasteiger partial charge in [0.15, 0.2) is 28.7 Å². The Morgan fingerprint density at radius 3 is 2.61 bits per heavy atom. The Balaban J connectivity index is 1.71. The first-order valence-electron chi connectivity index (χ1n) is 9.50. The fourth-order valence-corrected chi connectivity index (χ4v) is 4.07. The Bertz CT molecular complexity index is 1080. The number of benzene rings is 2. The maximum absolute atomic E-state index is 13.9. The highest BCUT2D eigenvalue weighted by atomic mass is 35.5. The van der Waals surface area contributed by atoms with Crippen LogP contribution in [0.1, 0.15) is 38.7 Å². The molecule has 10 heteroatoms. The summed E-state index contributed by atoms with van der Waals surface area (Å²) < 4.78 is 21.6. The van der Waals surface area contributed by atoms with E-state index in [4.69, 9.17) is 27.9 Å². The fourth-order valence-electron chi connectivity index (χ4n) is 2.85. The Kier molecular flexibility index (Phi) is 7.80. The van der Waals surface area contributed by atoms with Crippen molar-refractivity contribution in [3.05, 3.63) is 64.2 Å². The van der Waals surface area contributed by atoms with Crippen LogP contribution < -0.4 is 10.1 Å². The van der Waals surface area contributed by atoms with Crippen LogP contribution in [0.2, 0.25) is 10.0 Å². The molecule has 0 bridgehead atoms. The minimum Gasteiger partial charge on any atom is -0.480 e. The second-order valence-corrected chi connectivity index (χ2v) is 8.66. The number of rotatable bonds is 8. The smallest absolute Gasteiger partial charge is 0.234 e. The number of hydrogen-bond acceptors (Lipinski definition) is 5. The average molecular weight is 483 g/mol. The molecule has 1 N–H and O–H groups in total. The number of nitrogens with one attached hydrogen (secondary N) is 1. The number of amides is 1. The van der Waals surface area contributed by atoms with Crippen molar-refractivity contribution in [2.75, 3.05) is 11.1 Å². The van der Waals surface area contributed by atoms with E-state index in [1.54, 1.807) is 43.3 Å². The summed E-state index contributed by atoms with van der Waals surface area (Å²) in [6.45, 7) is 5.72. The van der Waals surface area contributed by atoms with Crippen molar-refractivity contribution in [2.45, 2.75) is 38.1 Å². The number of ether oxygens (including phenoxy) is 1. The van der Waals surface area contributed by atoms with Gasteiger partial charge in [-0.1, -0.05) is 53.2 Å². The first kappa shape index (κ1) is 23.4. The first-order chi connectivity index (χ1) is 14.8. The Morgan fingerprint density at radius 2 is 1.90 bits per heavy atom. The van der Waals surface area contributed by atoms with Crippen molar-refractivity contribution in [3.8, 4) is 5.75 Å². The zero-order valence-electron chi connectivity index (χ0n) is 17.1. The second-order valence-electron chi connectivity index (χ2n) is 6.93. The predicted molar refractivity (Wildman–Crippen MR) is 122 cm³/mol. The average Bonchev–Trinajstić information content (AvgIpc) is 3.16. The molecule has 6 nitrogen and oxygen atoms in total. The molecule has 3 rings (SSSR count). The molecular formula is C21H21Cl2FN4O2S. The van der Waals surface area contributed by atoms with Crippen molar-refractivity contribution < 1.29 is 13.9 Å². The van der Waals surface area contributed by atoms with E-state index in [-0.39, 0.29) is 28.5 Å². The van der Waals surface area contributed by atoms with E-state index in [1.165, 1.54) is 17.8 Å². The number of carbonyl (C=O) groups is 1. The first-order valence-corrected chi connectivity index (χ1v) is 11.2. The van der Waals surface area contributed by atoms with E-state index >= 15 is 0 Å². The number of hydrogen-bond donors (Lipinski definition) is 1. The summed E-state index contributed by atoms with van der Waals surface area (Å²) in [5.41, 5.74) is 0.442. The summed E-state index contributed by atoms with van der Waals surface area (Å²) in [6, 6.07) is 11.2. The van der Waals surface area contributed by atoms with E-state index in [0.29, 0.717) is 21.7 Å². The second kappa shape index (κ2) is 10.3. The molecule has 0 saturated carbocycles. The minimum atomic E-state index is -0.541. The van der Waals surface area contributed by atoms with Crippen molar-refractivity contribution >= 4 is 46.6 Å². The molecule has 0 aliphatic heterocycles. The largest absolute Gasteiger partial charge is 0.480 e. The van der Waals surface area contributed by atoms with Gasteiger partial charge in [0.25, 0.3) is 0 Å². The van der Waals surface area contributed by atoms with E-state index < -0.39 is 11.9 Å². The van der Waals surface area contributed by atoms with Gasteiger partial charge in [-0.15, -0.1) is 10.2 Å². The molecule has 0 radical (unpaired) electrons. The van der Waals surface area contributed by atoms with Crippen molar-refractivity contribution in [3.63, 3.8) is 0 Å². The van der Waals surface area contributed by atoms with Crippen molar-refractivity contribution in [1.29, 1.82) is 0 Å². The van der Waals surface area contributed by atoms with Gasteiger partial charge in [0, 0.05) is 6.04 Å². The van der Waals surface area contributed by atoms with E-state index in [1.807, 2.05) is 18.4 Å². The lowest BCUT2D eigenvalue weighted by Crippen LogP contribution is -2.17. The third kappa shape index (κ3) is 5.70. The molecule has 1 unspecified atom stereocenters. The standard InChI is InChI=1S/C21H21Cl2FN4O2S/c1-12(2)28-20(13(3)30-17-10-5-4-8-15(17)24)26-27-21(28)31-11-18(29)25-16-9-6-7-14(22)19(16)23/h4-10,12-13H,11H2,1-3H3,(H,25,29).